The van der Waals surface area contributed by atoms with Crippen LogP contribution >= 0.6 is 0 Å². The van der Waals surface area contributed by atoms with Crippen molar-refractivity contribution < 1.29 is 4.74 Å². The largest absolute Gasteiger partial charge is 0.378 e. The topological polar surface area (TPSA) is 69.1 Å². The van der Waals surface area contributed by atoms with Crippen molar-refractivity contribution in [3.05, 3.63) is 27.0 Å². The average molecular weight is 287 g/mol. The maximum atomic E-state index is 12.3. The third-order valence-electron chi connectivity index (χ3n) is 4.56. The van der Waals surface area contributed by atoms with Gasteiger partial charge in [0.25, 0.3) is 5.56 Å². The van der Waals surface area contributed by atoms with E-state index in [0.29, 0.717) is 18.8 Å². The van der Waals surface area contributed by atoms with Gasteiger partial charge in [-0.15, -0.1) is 0 Å². The van der Waals surface area contributed by atoms with Gasteiger partial charge in [-0.1, -0.05) is 13.8 Å². The lowest BCUT2D eigenvalue weighted by Crippen LogP contribution is -2.40. The molecule has 1 aliphatic carbocycles. The second kappa shape index (κ2) is 5.19. The van der Waals surface area contributed by atoms with Crippen LogP contribution in [-0.4, -0.2) is 31.3 Å². The van der Waals surface area contributed by atoms with Crippen LogP contribution in [0.25, 0.3) is 0 Å². The number of nitrogens with zero attached hydrogens (tertiary/aromatic N) is 2. The van der Waals surface area contributed by atoms with Crippen LogP contribution < -0.4 is 10.5 Å². The molecule has 0 unspecified atom stereocenters. The molecule has 0 amide bonds. The van der Waals surface area contributed by atoms with Gasteiger partial charge in [0.1, 0.15) is 17.5 Å². The smallest absolute Gasteiger partial charge is 0.267 e. The van der Waals surface area contributed by atoms with Crippen LogP contribution in [-0.2, 0) is 17.6 Å². The Kier molecular flexibility index (Phi) is 3.50. The summed E-state index contributed by atoms with van der Waals surface area (Å²) in [5.41, 5.74) is 2.31. The lowest BCUT2D eigenvalue weighted by molar-refractivity contribution is 0.122. The van der Waals surface area contributed by atoms with E-state index in [4.69, 9.17) is 4.74 Å². The minimum Gasteiger partial charge on any atom is -0.378 e. The fraction of sp³-hybridized carbons (Fsp3) is 0.625. The van der Waals surface area contributed by atoms with E-state index in [1.807, 2.05) is 0 Å². The molecule has 2 aliphatic rings. The Bertz CT molecular complexity index is 649. The van der Waals surface area contributed by atoms with Gasteiger partial charge in [-0.2, -0.15) is 5.26 Å². The van der Waals surface area contributed by atoms with Crippen LogP contribution in [0, 0.1) is 16.7 Å². The van der Waals surface area contributed by atoms with Gasteiger partial charge in [-0.3, -0.25) is 4.79 Å². The Hall–Kier alpha value is -1.80. The molecule has 0 atom stereocenters. The molecule has 2 heterocycles. The predicted molar refractivity (Wildman–Crippen MR) is 80.6 cm³/mol. The molecule has 1 aliphatic heterocycles. The fourth-order valence-corrected chi connectivity index (χ4v) is 3.35. The van der Waals surface area contributed by atoms with Crippen LogP contribution in [0.2, 0.25) is 0 Å². The van der Waals surface area contributed by atoms with Crippen molar-refractivity contribution in [3.63, 3.8) is 0 Å². The molecular formula is C16H21N3O2. The first-order valence-electron chi connectivity index (χ1n) is 7.53. The predicted octanol–water partition coefficient (Wildman–Crippen LogP) is 1.60. The number of nitriles is 1. The first kappa shape index (κ1) is 14.2. The summed E-state index contributed by atoms with van der Waals surface area (Å²) in [6, 6.07) is 2.10. The maximum Gasteiger partial charge on any atom is 0.267 e. The molecule has 0 saturated carbocycles. The number of rotatable bonds is 1. The molecule has 1 aromatic rings. The average Bonchev–Trinajstić information content (AvgIpc) is 2.46. The van der Waals surface area contributed by atoms with E-state index in [1.165, 1.54) is 0 Å². The number of H-pyrrole nitrogens is 1. The zero-order valence-electron chi connectivity index (χ0n) is 12.7. The highest BCUT2D eigenvalue weighted by molar-refractivity contribution is 5.57. The summed E-state index contributed by atoms with van der Waals surface area (Å²) < 4.78 is 5.39. The van der Waals surface area contributed by atoms with Crippen molar-refractivity contribution in [1.29, 1.82) is 5.26 Å². The second-order valence-corrected chi connectivity index (χ2v) is 6.69. The maximum absolute atomic E-state index is 12.3. The Morgan fingerprint density at radius 2 is 2.00 bits per heavy atom. The Labute approximate surface area is 124 Å². The summed E-state index contributed by atoms with van der Waals surface area (Å²) in [4.78, 5) is 17.4. The van der Waals surface area contributed by atoms with Crippen molar-refractivity contribution in [2.45, 2.75) is 33.1 Å². The monoisotopic (exact) mass is 287 g/mol. The third kappa shape index (κ3) is 2.56. The minimum absolute atomic E-state index is 0.147. The Morgan fingerprint density at radius 3 is 2.67 bits per heavy atom. The zero-order valence-corrected chi connectivity index (χ0v) is 12.7. The number of ether oxygens (including phenoxy) is 1. The van der Waals surface area contributed by atoms with Crippen LogP contribution in [0.3, 0.4) is 0 Å². The van der Waals surface area contributed by atoms with Gasteiger partial charge in [0.2, 0.25) is 0 Å². The van der Waals surface area contributed by atoms with Gasteiger partial charge < -0.3 is 14.6 Å². The number of hydrogen-bond donors (Lipinski definition) is 1. The molecule has 1 fully saturated rings. The summed E-state index contributed by atoms with van der Waals surface area (Å²) in [5, 5.41) is 9.34. The molecule has 0 aromatic carbocycles. The zero-order chi connectivity index (χ0) is 15.0. The van der Waals surface area contributed by atoms with E-state index in [1.54, 1.807) is 0 Å². The van der Waals surface area contributed by atoms with E-state index in [2.05, 4.69) is 29.8 Å². The number of nitrogens with one attached hydrogen (secondary N) is 1. The summed E-state index contributed by atoms with van der Waals surface area (Å²) in [7, 11) is 0. The normalized spacial score (nSPS) is 20.7. The number of fused-ring (bicyclic) bond motifs is 1. The van der Waals surface area contributed by atoms with Crippen LogP contribution in [0.15, 0.2) is 4.79 Å². The first-order chi connectivity index (χ1) is 10.0. The molecule has 3 rings (SSSR count). The van der Waals surface area contributed by atoms with Gasteiger partial charge in [0.05, 0.1) is 13.2 Å². The molecule has 5 heteroatoms. The Morgan fingerprint density at radius 1 is 1.29 bits per heavy atom. The van der Waals surface area contributed by atoms with E-state index in [-0.39, 0.29) is 11.0 Å². The number of pyridine rings is 1. The van der Waals surface area contributed by atoms with Crippen molar-refractivity contribution in [3.8, 4) is 6.07 Å². The SMILES string of the molecule is CC1(C)CCc2c(N3CCOCC3)[nH]c(=O)c(C#N)c2C1. The highest BCUT2D eigenvalue weighted by Gasteiger charge is 2.31. The lowest BCUT2D eigenvalue weighted by atomic mass is 9.73. The number of anilines is 1. The van der Waals surface area contributed by atoms with Gasteiger partial charge in [-0.05, 0) is 35.8 Å². The highest BCUT2D eigenvalue weighted by atomic mass is 16.5. The molecule has 0 radical (unpaired) electrons. The molecule has 1 saturated heterocycles. The van der Waals surface area contributed by atoms with Crippen molar-refractivity contribution in [2.75, 3.05) is 31.2 Å². The van der Waals surface area contributed by atoms with E-state index >= 15 is 0 Å². The number of aromatic amines is 1. The molecular weight excluding hydrogens is 266 g/mol. The quantitative estimate of drug-likeness (QED) is 0.851. The van der Waals surface area contributed by atoms with Crippen LogP contribution in [0.5, 0.6) is 0 Å². The molecule has 0 bridgehead atoms. The number of aromatic nitrogens is 1. The fourth-order valence-electron chi connectivity index (χ4n) is 3.35. The number of morpholine rings is 1. The molecule has 1 N–H and O–H groups in total. The summed E-state index contributed by atoms with van der Waals surface area (Å²) in [6.45, 7) is 7.35. The van der Waals surface area contributed by atoms with E-state index < -0.39 is 0 Å². The van der Waals surface area contributed by atoms with E-state index in [0.717, 1.165) is 49.3 Å². The summed E-state index contributed by atoms with van der Waals surface area (Å²) in [6.07, 6.45) is 2.79. The Balaban J connectivity index is 2.13. The summed E-state index contributed by atoms with van der Waals surface area (Å²) in [5.74, 6) is 0.910. The van der Waals surface area contributed by atoms with Gasteiger partial charge in [0.15, 0.2) is 0 Å². The van der Waals surface area contributed by atoms with Crippen molar-refractivity contribution >= 4 is 5.82 Å². The van der Waals surface area contributed by atoms with Crippen LogP contribution in [0.4, 0.5) is 5.82 Å². The molecule has 5 nitrogen and oxygen atoms in total. The molecule has 21 heavy (non-hydrogen) atoms. The van der Waals surface area contributed by atoms with Gasteiger partial charge in [-0.25, -0.2) is 0 Å². The van der Waals surface area contributed by atoms with Gasteiger partial charge in [0, 0.05) is 13.1 Å². The third-order valence-corrected chi connectivity index (χ3v) is 4.56. The lowest BCUT2D eigenvalue weighted by Gasteiger charge is -2.36. The van der Waals surface area contributed by atoms with Crippen molar-refractivity contribution in [1.82, 2.24) is 4.98 Å². The highest BCUT2D eigenvalue weighted by Crippen LogP contribution is 2.38. The molecule has 112 valence electrons. The standard InChI is InChI=1S/C16H21N3O2/c1-16(2)4-3-11-12(9-16)13(10-17)15(20)18-14(11)19-5-7-21-8-6-19/h3-9H2,1-2H3,(H,18,20). The minimum atomic E-state index is -0.254. The number of hydrogen-bond acceptors (Lipinski definition) is 4. The van der Waals surface area contributed by atoms with E-state index in [9.17, 15) is 10.1 Å². The van der Waals surface area contributed by atoms with Crippen LogP contribution in [0.1, 0.15) is 37.0 Å². The van der Waals surface area contributed by atoms with Gasteiger partial charge >= 0.3 is 0 Å². The van der Waals surface area contributed by atoms with Crippen molar-refractivity contribution in [2.24, 2.45) is 5.41 Å². The molecule has 1 aromatic heterocycles. The molecule has 0 spiro atoms. The first-order valence-corrected chi connectivity index (χ1v) is 7.53. The second-order valence-electron chi connectivity index (χ2n) is 6.69. The summed E-state index contributed by atoms with van der Waals surface area (Å²) >= 11 is 0.